The Hall–Kier alpha value is -1.45. The molecule has 1 saturated heterocycles. The lowest BCUT2D eigenvalue weighted by Crippen LogP contribution is -2.44. The van der Waals surface area contributed by atoms with E-state index in [0.717, 1.165) is 11.3 Å². The monoisotopic (exact) mass is 332 g/mol. The van der Waals surface area contributed by atoms with Gasteiger partial charge in [0.2, 0.25) is 15.9 Å². The van der Waals surface area contributed by atoms with Crippen LogP contribution in [0.2, 0.25) is 0 Å². The summed E-state index contributed by atoms with van der Waals surface area (Å²) in [5.74, 6) is -2.16. The maximum absolute atomic E-state index is 12.6. The molecule has 1 aromatic rings. The van der Waals surface area contributed by atoms with Gasteiger partial charge in [0.1, 0.15) is 4.88 Å². The quantitative estimate of drug-likeness (QED) is 0.839. The molecule has 0 saturated carbocycles. The van der Waals surface area contributed by atoms with E-state index in [0.29, 0.717) is 24.3 Å². The highest BCUT2D eigenvalue weighted by atomic mass is 32.2. The lowest BCUT2D eigenvalue weighted by atomic mass is 9.99. The second kappa shape index (κ2) is 5.74. The molecular formula is C12H16N2O5S2. The standard InChI is InChI=1S/C12H16N2O5S2/c1-7-10(5-9(20-7)12(16)17)21(18,19)14-4-2-3-8(6-14)11(13)15/h5,8H,2-4,6H2,1H3,(H2,13,15)(H,16,17). The number of sulfonamides is 1. The smallest absolute Gasteiger partial charge is 0.345 e. The zero-order valence-electron chi connectivity index (χ0n) is 11.4. The van der Waals surface area contributed by atoms with Gasteiger partial charge in [0.15, 0.2) is 0 Å². The van der Waals surface area contributed by atoms with Gasteiger partial charge in [0, 0.05) is 18.0 Å². The number of rotatable bonds is 4. The number of carbonyl (C=O) groups is 2. The third-order valence-electron chi connectivity index (χ3n) is 3.49. The number of carboxylic acid groups (broad SMARTS) is 1. The first kappa shape index (κ1) is 15.9. The number of aryl methyl sites for hydroxylation is 1. The van der Waals surface area contributed by atoms with Crippen LogP contribution in [0.15, 0.2) is 11.0 Å². The average molecular weight is 332 g/mol. The molecule has 0 bridgehead atoms. The Labute approximate surface area is 126 Å². The molecule has 21 heavy (non-hydrogen) atoms. The van der Waals surface area contributed by atoms with Crippen molar-refractivity contribution in [2.24, 2.45) is 11.7 Å². The van der Waals surface area contributed by atoms with Crippen LogP contribution in [0.5, 0.6) is 0 Å². The summed E-state index contributed by atoms with van der Waals surface area (Å²) in [6, 6.07) is 1.17. The zero-order chi connectivity index (χ0) is 15.8. The van der Waals surface area contributed by atoms with Gasteiger partial charge in [-0.2, -0.15) is 4.31 Å². The van der Waals surface area contributed by atoms with Crippen LogP contribution < -0.4 is 5.73 Å². The van der Waals surface area contributed by atoms with Crippen molar-refractivity contribution in [2.75, 3.05) is 13.1 Å². The number of carbonyl (C=O) groups excluding carboxylic acids is 1. The van der Waals surface area contributed by atoms with E-state index in [9.17, 15) is 18.0 Å². The van der Waals surface area contributed by atoms with E-state index >= 15 is 0 Å². The normalized spacial score (nSPS) is 20.3. The van der Waals surface area contributed by atoms with E-state index in [4.69, 9.17) is 10.8 Å². The maximum atomic E-state index is 12.6. The SMILES string of the molecule is Cc1sc(C(=O)O)cc1S(=O)(=O)N1CCCC(C(N)=O)C1. The Bertz CT molecular complexity index is 680. The number of hydrogen-bond donors (Lipinski definition) is 2. The molecule has 0 aliphatic carbocycles. The highest BCUT2D eigenvalue weighted by Gasteiger charge is 2.34. The van der Waals surface area contributed by atoms with Crippen LogP contribution in [-0.4, -0.2) is 42.8 Å². The van der Waals surface area contributed by atoms with Gasteiger partial charge in [-0.3, -0.25) is 4.79 Å². The second-order valence-electron chi connectivity index (χ2n) is 4.94. The number of nitrogens with two attached hydrogens (primary N) is 1. The van der Waals surface area contributed by atoms with Crippen LogP contribution in [0.4, 0.5) is 0 Å². The Balaban J connectivity index is 2.33. The number of hydrogen-bond acceptors (Lipinski definition) is 5. The van der Waals surface area contributed by atoms with Crippen molar-refractivity contribution in [3.05, 3.63) is 15.8 Å². The molecule has 1 aliphatic rings. The van der Waals surface area contributed by atoms with E-state index in [2.05, 4.69) is 0 Å². The van der Waals surface area contributed by atoms with Gasteiger partial charge in [-0.25, -0.2) is 13.2 Å². The first-order chi connectivity index (χ1) is 9.73. The lowest BCUT2D eigenvalue weighted by molar-refractivity contribution is -0.122. The molecular weight excluding hydrogens is 316 g/mol. The molecule has 0 radical (unpaired) electrons. The van der Waals surface area contributed by atoms with Gasteiger partial charge < -0.3 is 10.8 Å². The molecule has 3 N–H and O–H groups in total. The molecule has 9 heteroatoms. The van der Waals surface area contributed by atoms with Crippen LogP contribution >= 0.6 is 11.3 Å². The molecule has 1 aliphatic heterocycles. The number of piperidine rings is 1. The van der Waals surface area contributed by atoms with Crippen molar-refractivity contribution >= 4 is 33.2 Å². The van der Waals surface area contributed by atoms with Crippen LogP contribution in [0.3, 0.4) is 0 Å². The number of aromatic carboxylic acids is 1. The van der Waals surface area contributed by atoms with Gasteiger partial charge >= 0.3 is 5.97 Å². The molecule has 1 atom stereocenters. The summed E-state index contributed by atoms with van der Waals surface area (Å²) in [5, 5.41) is 8.95. The Kier molecular flexibility index (Phi) is 4.35. The summed E-state index contributed by atoms with van der Waals surface area (Å²) in [5.41, 5.74) is 5.25. The second-order valence-corrected chi connectivity index (χ2v) is 8.10. The van der Waals surface area contributed by atoms with Crippen LogP contribution in [-0.2, 0) is 14.8 Å². The van der Waals surface area contributed by atoms with Crippen LogP contribution in [0.25, 0.3) is 0 Å². The van der Waals surface area contributed by atoms with Crippen molar-refractivity contribution < 1.29 is 23.1 Å². The van der Waals surface area contributed by atoms with E-state index in [1.807, 2.05) is 0 Å². The highest BCUT2D eigenvalue weighted by molar-refractivity contribution is 7.89. The van der Waals surface area contributed by atoms with Crippen LogP contribution in [0.1, 0.15) is 27.4 Å². The summed E-state index contributed by atoms with van der Waals surface area (Å²) in [6.07, 6.45) is 1.13. The summed E-state index contributed by atoms with van der Waals surface area (Å²) in [6.45, 7) is 1.93. The van der Waals surface area contributed by atoms with Gasteiger partial charge in [-0.15, -0.1) is 11.3 Å². The first-order valence-electron chi connectivity index (χ1n) is 6.36. The molecule has 0 spiro atoms. The van der Waals surface area contributed by atoms with E-state index in [1.54, 1.807) is 6.92 Å². The zero-order valence-corrected chi connectivity index (χ0v) is 13.0. The third-order valence-corrected chi connectivity index (χ3v) is 6.65. The van der Waals surface area contributed by atoms with E-state index in [-0.39, 0.29) is 16.3 Å². The summed E-state index contributed by atoms with van der Waals surface area (Å²) < 4.78 is 26.4. The van der Waals surface area contributed by atoms with Gasteiger partial charge in [-0.05, 0) is 25.8 Å². The molecule has 1 aromatic heterocycles. The Morgan fingerprint density at radius 3 is 2.67 bits per heavy atom. The summed E-state index contributed by atoms with van der Waals surface area (Å²) in [7, 11) is -3.80. The molecule has 1 amide bonds. The van der Waals surface area contributed by atoms with Gasteiger partial charge in [0.05, 0.1) is 10.8 Å². The maximum Gasteiger partial charge on any atom is 0.345 e. The number of thiophene rings is 1. The van der Waals surface area contributed by atoms with Crippen molar-refractivity contribution in [1.82, 2.24) is 4.31 Å². The largest absolute Gasteiger partial charge is 0.477 e. The first-order valence-corrected chi connectivity index (χ1v) is 8.62. The molecule has 0 aromatic carbocycles. The lowest BCUT2D eigenvalue weighted by Gasteiger charge is -2.30. The van der Waals surface area contributed by atoms with Crippen molar-refractivity contribution in [3.63, 3.8) is 0 Å². The van der Waals surface area contributed by atoms with Crippen molar-refractivity contribution in [2.45, 2.75) is 24.7 Å². The van der Waals surface area contributed by atoms with Gasteiger partial charge in [-0.1, -0.05) is 0 Å². The predicted molar refractivity (Wildman–Crippen MR) is 76.7 cm³/mol. The van der Waals surface area contributed by atoms with E-state index < -0.39 is 27.8 Å². The molecule has 7 nitrogen and oxygen atoms in total. The van der Waals surface area contributed by atoms with Crippen LogP contribution in [0, 0.1) is 12.8 Å². The fourth-order valence-corrected chi connectivity index (χ4v) is 5.28. The minimum absolute atomic E-state index is 0.00461. The number of carboxylic acids is 1. The minimum Gasteiger partial charge on any atom is -0.477 e. The van der Waals surface area contributed by atoms with E-state index in [1.165, 1.54) is 10.4 Å². The van der Waals surface area contributed by atoms with Crippen molar-refractivity contribution in [1.29, 1.82) is 0 Å². The van der Waals surface area contributed by atoms with Crippen molar-refractivity contribution in [3.8, 4) is 0 Å². The topological polar surface area (TPSA) is 118 Å². The molecule has 2 rings (SSSR count). The Morgan fingerprint density at radius 1 is 1.48 bits per heavy atom. The number of nitrogens with zero attached hydrogens (tertiary/aromatic N) is 1. The highest BCUT2D eigenvalue weighted by Crippen LogP contribution is 2.30. The average Bonchev–Trinajstić information content (AvgIpc) is 2.82. The summed E-state index contributed by atoms with van der Waals surface area (Å²) >= 11 is 0.923. The molecule has 116 valence electrons. The van der Waals surface area contributed by atoms with Gasteiger partial charge in [0.25, 0.3) is 0 Å². The minimum atomic E-state index is -3.80. The number of primary amides is 1. The fourth-order valence-electron chi connectivity index (χ4n) is 2.36. The summed E-state index contributed by atoms with van der Waals surface area (Å²) in [4.78, 5) is 22.6. The number of amides is 1. The molecule has 2 heterocycles. The fraction of sp³-hybridized carbons (Fsp3) is 0.500. The third kappa shape index (κ3) is 3.09. The molecule has 1 unspecified atom stereocenters. The molecule has 1 fully saturated rings. The predicted octanol–water partition coefficient (Wildman–Crippen LogP) is 0.641. The Morgan fingerprint density at radius 2 is 2.14 bits per heavy atom.